The third kappa shape index (κ3) is 2.67. The highest BCUT2D eigenvalue weighted by Crippen LogP contribution is 2.26. The van der Waals surface area contributed by atoms with Gasteiger partial charge in [-0.05, 0) is 12.1 Å². The fraction of sp³-hybridized carbons (Fsp3) is 0.462. The molecule has 1 unspecified atom stereocenters. The van der Waals surface area contributed by atoms with E-state index in [0.717, 1.165) is 5.69 Å². The summed E-state index contributed by atoms with van der Waals surface area (Å²) in [5.74, 6) is -1.17. The second kappa shape index (κ2) is 5.26. The predicted octanol–water partition coefficient (Wildman–Crippen LogP) is 1.29. The van der Waals surface area contributed by atoms with Crippen LogP contribution in [0, 0.1) is 11.8 Å². The zero-order valence-corrected chi connectivity index (χ0v) is 11.0. The van der Waals surface area contributed by atoms with Crippen molar-refractivity contribution in [2.24, 2.45) is 11.8 Å². The highest BCUT2D eigenvalue weighted by molar-refractivity contribution is 5.91. The van der Waals surface area contributed by atoms with Gasteiger partial charge < -0.3 is 10.0 Å². The lowest BCUT2D eigenvalue weighted by molar-refractivity contribution is -0.144. The van der Waals surface area contributed by atoms with E-state index in [4.69, 9.17) is 5.11 Å². The summed E-state index contributed by atoms with van der Waals surface area (Å²) in [6.45, 7) is 2.67. The van der Waals surface area contributed by atoms with Gasteiger partial charge in [0.15, 0.2) is 0 Å². The lowest BCUT2D eigenvalue weighted by Crippen LogP contribution is -2.56. The Morgan fingerprint density at radius 2 is 2.21 bits per heavy atom. The van der Waals surface area contributed by atoms with Crippen molar-refractivity contribution in [2.75, 3.05) is 25.0 Å². The number of aliphatic carboxylic acids is 1. The first-order valence-corrected chi connectivity index (χ1v) is 6.16. The third-order valence-corrected chi connectivity index (χ3v) is 3.60. The summed E-state index contributed by atoms with van der Waals surface area (Å²) in [5.41, 5.74) is 0.724. The molecule has 2 heterocycles. The number of amides is 2. The van der Waals surface area contributed by atoms with Crippen LogP contribution in [0.4, 0.5) is 10.5 Å². The number of rotatable bonds is 3. The van der Waals surface area contributed by atoms with Crippen LogP contribution in [0.25, 0.3) is 0 Å². The van der Waals surface area contributed by atoms with Crippen LogP contribution in [0.3, 0.4) is 0 Å². The van der Waals surface area contributed by atoms with Gasteiger partial charge in [-0.1, -0.05) is 6.92 Å². The SMILES string of the molecule is CC(C(=O)O)C1CN(C(=O)N(C)c2cccnc2)C1. The Bertz CT molecular complexity index is 471. The molecule has 19 heavy (non-hydrogen) atoms. The summed E-state index contributed by atoms with van der Waals surface area (Å²) in [6.07, 6.45) is 3.27. The maximum Gasteiger partial charge on any atom is 0.324 e. The number of aromatic nitrogens is 1. The van der Waals surface area contributed by atoms with Crippen LogP contribution in [0.1, 0.15) is 6.92 Å². The van der Waals surface area contributed by atoms with Crippen molar-refractivity contribution in [3.05, 3.63) is 24.5 Å². The molecule has 1 aliphatic rings. The van der Waals surface area contributed by atoms with E-state index in [9.17, 15) is 9.59 Å². The minimum absolute atomic E-state index is 0.0451. The molecule has 0 bridgehead atoms. The molecule has 1 aromatic heterocycles. The number of carboxylic acids is 1. The van der Waals surface area contributed by atoms with Crippen molar-refractivity contribution in [1.29, 1.82) is 0 Å². The molecule has 1 atom stereocenters. The van der Waals surface area contributed by atoms with Crippen LogP contribution in [-0.2, 0) is 4.79 Å². The summed E-state index contributed by atoms with van der Waals surface area (Å²) in [7, 11) is 1.69. The van der Waals surface area contributed by atoms with Crippen LogP contribution in [0.15, 0.2) is 24.5 Å². The maximum absolute atomic E-state index is 12.1. The number of carbonyl (C=O) groups excluding carboxylic acids is 1. The molecule has 2 amide bonds. The molecule has 6 heteroatoms. The first kappa shape index (κ1) is 13.3. The van der Waals surface area contributed by atoms with Crippen molar-refractivity contribution < 1.29 is 14.7 Å². The lowest BCUT2D eigenvalue weighted by atomic mass is 9.87. The summed E-state index contributed by atoms with van der Waals surface area (Å²) in [6, 6.07) is 3.45. The Kier molecular flexibility index (Phi) is 3.69. The zero-order chi connectivity index (χ0) is 14.0. The molecule has 0 aliphatic carbocycles. The molecule has 1 aromatic rings. The largest absolute Gasteiger partial charge is 0.481 e. The number of carbonyl (C=O) groups is 2. The minimum atomic E-state index is -0.808. The van der Waals surface area contributed by atoms with Crippen LogP contribution in [-0.4, -0.2) is 47.1 Å². The second-order valence-corrected chi connectivity index (χ2v) is 4.84. The predicted molar refractivity (Wildman–Crippen MR) is 69.9 cm³/mol. The van der Waals surface area contributed by atoms with Crippen molar-refractivity contribution in [3.63, 3.8) is 0 Å². The fourth-order valence-corrected chi connectivity index (χ4v) is 2.06. The van der Waals surface area contributed by atoms with Crippen molar-refractivity contribution in [1.82, 2.24) is 9.88 Å². The van der Waals surface area contributed by atoms with Crippen LogP contribution < -0.4 is 4.90 Å². The number of carboxylic acid groups (broad SMARTS) is 1. The van der Waals surface area contributed by atoms with Gasteiger partial charge in [0.05, 0.1) is 17.8 Å². The molecule has 102 valence electrons. The van der Waals surface area contributed by atoms with Crippen molar-refractivity contribution >= 4 is 17.7 Å². The molecule has 1 saturated heterocycles. The Morgan fingerprint density at radius 1 is 1.53 bits per heavy atom. The zero-order valence-electron chi connectivity index (χ0n) is 11.0. The number of pyridine rings is 1. The van der Waals surface area contributed by atoms with Crippen molar-refractivity contribution in [3.8, 4) is 0 Å². The van der Waals surface area contributed by atoms with Gasteiger partial charge >= 0.3 is 12.0 Å². The van der Waals surface area contributed by atoms with Gasteiger partial charge in [-0.3, -0.25) is 14.7 Å². The average Bonchev–Trinajstić information content (AvgIpc) is 2.36. The summed E-state index contributed by atoms with van der Waals surface area (Å²) < 4.78 is 0. The van der Waals surface area contributed by atoms with Gasteiger partial charge in [0, 0.05) is 32.3 Å². The number of hydrogen-bond acceptors (Lipinski definition) is 3. The van der Waals surface area contributed by atoms with Gasteiger partial charge in [0.1, 0.15) is 0 Å². The summed E-state index contributed by atoms with van der Waals surface area (Å²) in [5, 5.41) is 8.91. The fourth-order valence-electron chi connectivity index (χ4n) is 2.06. The van der Waals surface area contributed by atoms with Crippen molar-refractivity contribution in [2.45, 2.75) is 6.92 Å². The smallest absolute Gasteiger partial charge is 0.324 e. The average molecular weight is 263 g/mol. The molecule has 0 saturated carbocycles. The number of urea groups is 1. The molecular weight excluding hydrogens is 246 g/mol. The van der Waals surface area contributed by atoms with Crippen LogP contribution in [0.2, 0.25) is 0 Å². The second-order valence-electron chi connectivity index (χ2n) is 4.84. The van der Waals surface area contributed by atoms with Crippen LogP contribution in [0.5, 0.6) is 0 Å². The molecule has 1 aliphatic heterocycles. The van der Waals surface area contributed by atoms with Gasteiger partial charge in [-0.25, -0.2) is 4.79 Å². The number of nitrogens with zero attached hydrogens (tertiary/aromatic N) is 3. The summed E-state index contributed by atoms with van der Waals surface area (Å²) >= 11 is 0. The van der Waals surface area contributed by atoms with E-state index < -0.39 is 11.9 Å². The standard InChI is InChI=1S/C13H17N3O3/c1-9(12(17)18)10-7-16(8-10)13(19)15(2)11-4-3-5-14-6-11/h3-6,9-10H,7-8H2,1-2H3,(H,17,18). The number of likely N-dealkylation sites (tertiary alicyclic amines) is 1. The van der Waals surface area contributed by atoms with E-state index in [2.05, 4.69) is 4.98 Å². The molecule has 0 aromatic carbocycles. The molecule has 1 N–H and O–H groups in total. The van der Waals surface area contributed by atoms with Gasteiger partial charge in [-0.15, -0.1) is 0 Å². The van der Waals surface area contributed by atoms with Gasteiger partial charge in [-0.2, -0.15) is 0 Å². The monoisotopic (exact) mass is 263 g/mol. The van der Waals surface area contributed by atoms with E-state index in [1.807, 2.05) is 6.07 Å². The minimum Gasteiger partial charge on any atom is -0.481 e. The number of anilines is 1. The Balaban J connectivity index is 1.92. The number of hydrogen-bond donors (Lipinski definition) is 1. The molecule has 1 fully saturated rings. The molecule has 0 spiro atoms. The van der Waals surface area contributed by atoms with E-state index >= 15 is 0 Å². The lowest BCUT2D eigenvalue weighted by Gasteiger charge is -2.42. The molecule has 2 rings (SSSR count). The Labute approximate surface area is 111 Å². The quantitative estimate of drug-likeness (QED) is 0.891. The molecular formula is C13H17N3O3. The Hall–Kier alpha value is -2.11. The van der Waals surface area contributed by atoms with E-state index in [1.54, 1.807) is 37.3 Å². The highest BCUT2D eigenvalue weighted by atomic mass is 16.4. The third-order valence-electron chi connectivity index (χ3n) is 3.60. The maximum atomic E-state index is 12.1. The first-order valence-electron chi connectivity index (χ1n) is 6.16. The van der Waals surface area contributed by atoms with E-state index in [1.165, 1.54) is 4.90 Å². The van der Waals surface area contributed by atoms with E-state index in [-0.39, 0.29) is 11.9 Å². The highest BCUT2D eigenvalue weighted by Gasteiger charge is 2.38. The summed E-state index contributed by atoms with van der Waals surface area (Å²) in [4.78, 5) is 30.1. The normalized spacial score (nSPS) is 16.6. The van der Waals surface area contributed by atoms with Crippen LogP contribution >= 0.6 is 0 Å². The molecule has 6 nitrogen and oxygen atoms in total. The first-order chi connectivity index (χ1) is 9.00. The van der Waals surface area contributed by atoms with Gasteiger partial charge in [0.2, 0.25) is 0 Å². The van der Waals surface area contributed by atoms with E-state index in [0.29, 0.717) is 13.1 Å². The molecule has 0 radical (unpaired) electrons. The Morgan fingerprint density at radius 3 is 2.74 bits per heavy atom. The van der Waals surface area contributed by atoms with Gasteiger partial charge in [0.25, 0.3) is 0 Å². The topological polar surface area (TPSA) is 73.7 Å².